The first kappa shape index (κ1) is 14.9. The number of rotatable bonds is 3. The van der Waals surface area contributed by atoms with Crippen LogP contribution in [0.2, 0.25) is 0 Å². The molecule has 3 aromatic rings. The van der Waals surface area contributed by atoms with Crippen molar-refractivity contribution in [3.05, 3.63) is 35.8 Å². The summed E-state index contributed by atoms with van der Waals surface area (Å²) in [5.41, 5.74) is 3.27. The minimum Gasteiger partial charge on any atom is -0.352 e. The molecule has 0 unspecified atom stereocenters. The van der Waals surface area contributed by atoms with Gasteiger partial charge in [0.05, 0.1) is 11.7 Å². The Labute approximate surface area is 149 Å². The molecule has 128 valence electrons. The molecule has 0 aliphatic carbocycles. The molecule has 0 saturated carbocycles. The fraction of sp³-hybridized carbons (Fsp3) is 0.438. The number of anilines is 2. The van der Waals surface area contributed by atoms with Crippen LogP contribution in [0, 0.1) is 0 Å². The largest absolute Gasteiger partial charge is 0.352 e. The summed E-state index contributed by atoms with van der Waals surface area (Å²) in [5.74, 6) is 4.11. The number of nitrogens with zero attached hydrogens (tertiary/aromatic N) is 8. The molecule has 5 heterocycles. The number of hydrogen-bond donors (Lipinski definition) is 0. The number of aryl methyl sites for hydroxylation is 1. The average molecular weight is 354 g/mol. The second-order valence-corrected chi connectivity index (χ2v) is 7.58. The van der Waals surface area contributed by atoms with E-state index in [9.17, 15) is 0 Å². The monoisotopic (exact) mass is 354 g/mol. The van der Waals surface area contributed by atoms with Gasteiger partial charge in [-0.3, -0.25) is 0 Å². The van der Waals surface area contributed by atoms with E-state index in [1.807, 2.05) is 23.9 Å². The van der Waals surface area contributed by atoms with Crippen LogP contribution in [-0.2, 0) is 12.2 Å². The van der Waals surface area contributed by atoms with Crippen molar-refractivity contribution in [2.45, 2.75) is 18.2 Å². The van der Waals surface area contributed by atoms with Crippen molar-refractivity contribution in [3.8, 4) is 0 Å². The fourth-order valence-electron chi connectivity index (χ4n) is 3.26. The van der Waals surface area contributed by atoms with Crippen molar-refractivity contribution in [1.29, 1.82) is 0 Å². The lowest BCUT2D eigenvalue weighted by Gasteiger charge is -2.44. The van der Waals surface area contributed by atoms with E-state index in [1.165, 1.54) is 5.56 Å². The van der Waals surface area contributed by atoms with Crippen LogP contribution in [-0.4, -0.2) is 61.9 Å². The molecule has 25 heavy (non-hydrogen) atoms. The van der Waals surface area contributed by atoms with Crippen molar-refractivity contribution >= 4 is 29.0 Å². The maximum absolute atomic E-state index is 4.55. The minimum atomic E-state index is 0.419. The van der Waals surface area contributed by atoms with E-state index in [2.05, 4.69) is 48.4 Å². The van der Waals surface area contributed by atoms with Crippen molar-refractivity contribution in [3.63, 3.8) is 0 Å². The highest BCUT2D eigenvalue weighted by atomic mass is 32.2. The molecule has 1 saturated heterocycles. The third-order valence-corrected chi connectivity index (χ3v) is 5.94. The van der Waals surface area contributed by atoms with Crippen LogP contribution < -0.4 is 9.80 Å². The molecule has 1 fully saturated rings. The summed E-state index contributed by atoms with van der Waals surface area (Å²) >= 11 is 1.97. The summed E-state index contributed by atoms with van der Waals surface area (Å²) in [5, 5.41) is 21.3. The van der Waals surface area contributed by atoms with Crippen LogP contribution in [0.4, 0.5) is 11.6 Å². The second kappa shape index (κ2) is 5.83. The molecule has 0 spiro atoms. The molecule has 2 aliphatic rings. The normalized spacial score (nSPS) is 17.4. The first-order chi connectivity index (χ1) is 12.3. The molecular formula is C16H18N8S. The zero-order valence-corrected chi connectivity index (χ0v) is 14.7. The number of hydrogen-bond acceptors (Lipinski definition) is 8. The maximum atomic E-state index is 4.55. The van der Waals surface area contributed by atoms with Crippen LogP contribution in [0.15, 0.2) is 24.5 Å². The van der Waals surface area contributed by atoms with Gasteiger partial charge in [-0.15, -0.1) is 20.4 Å². The Balaban J connectivity index is 1.29. The van der Waals surface area contributed by atoms with E-state index in [4.69, 9.17) is 0 Å². The first-order valence-corrected chi connectivity index (χ1v) is 9.51. The Morgan fingerprint density at radius 3 is 3.04 bits per heavy atom. The number of likely N-dealkylation sites (N-methyl/N-ethyl adjacent to an activating group) is 1. The Hall–Kier alpha value is -2.42. The van der Waals surface area contributed by atoms with Gasteiger partial charge in [0.15, 0.2) is 11.5 Å². The predicted octanol–water partition coefficient (Wildman–Crippen LogP) is 1.03. The minimum absolute atomic E-state index is 0.419. The SMILES string of the molecule is CN(c1cc2c(nn1)CCSC2)C1CN(c2ccc3nncn3n2)C1. The van der Waals surface area contributed by atoms with Gasteiger partial charge in [-0.1, -0.05) is 0 Å². The summed E-state index contributed by atoms with van der Waals surface area (Å²) in [7, 11) is 2.10. The molecule has 0 atom stereocenters. The van der Waals surface area contributed by atoms with Crippen LogP contribution >= 0.6 is 11.8 Å². The molecule has 0 bridgehead atoms. The molecular weight excluding hydrogens is 336 g/mol. The van der Waals surface area contributed by atoms with Gasteiger partial charge in [0.25, 0.3) is 0 Å². The summed E-state index contributed by atoms with van der Waals surface area (Å²) in [6, 6.07) is 6.57. The smallest absolute Gasteiger partial charge is 0.177 e. The van der Waals surface area contributed by atoms with E-state index >= 15 is 0 Å². The Bertz CT molecular complexity index is 919. The van der Waals surface area contributed by atoms with Gasteiger partial charge < -0.3 is 9.80 Å². The van der Waals surface area contributed by atoms with E-state index in [1.54, 1.807) is 10.8 Å². The van der Waals surface area contributed by atoms with E-state index in [0.717, 1.165) is 54.0 Å². The standard InChI is InChI=1S/C16H18N8S/c1-22(16-6-11-9-25-5-4-13(11)18-20-16)12-7-23(8-12)15-3-2-14-19-17-10-24(14)21-15/h2-3,6,10,12H,4-5,7-9H2,1H3. The summed E-state index contributed by atoms with van der Waals surface area (Å²) in [6.07, 6.45) is 2.66. The molecule has 0 N–H and O–H groups in total. The van der Waals surface area contributed by atoms with Crippen molar-refractivity contribution in [1.82, 2.24) is 30.0 Å². The lowest BCUT2D eigenvalue weighted by Crippen LogP contribution is -2.59. The van der Waals surface area contributed by atoms with Crippen molar-refractivity contribution < 1.29 is 0 Å². The van der Waals surface area contributed by atoms with Gasteiger partial charge in [0.2, 0.25) is 0 Å². The van der Waals surface area contributed by atoms with Gasteiger partial charge in [0, 0.05) is 32.3 Å². The molecule has 0 radical (unpaired) electrons. The molecule has 0 aromatic carbocycles. The Morgan fingerprint density at radius 2 is 2.12 bits per heavy atom. The maximum Gasteiger partial charge on any atom is 0.177 e. The highest BCUT2D eigenvalue weighted by Gasteiger charge is 2.32. The van der Waals surface area contributed by atoms with Gasteiger partial charge in [-0.2, -0.15) is 21.4 Å². The molecule has 8 nitrogen and oxygen atoms in total. The van der Waals surface area contributed by atoms with Gasteiger partial charge in [-0.25, -0.2) is 0 Å². The quantitative estimate of drug-likeness (QED) is 0.690. The van der Waals surface area contributed by atoms with E-state index in [-0.39, 0.29) is 0 Å². The van der Waals surface area contributed by atoms with Gasteiger partial charge in [0.1, 0.15) is 12.1 Å². The van der Waals surface area contributed by atoms with Gasteiger partial charge >= 0.3 is 0 Å². The zero-order valence-electron chi connectivity index (χ0n) is 13.9. The van der Waals surface area contributed by atoms with Crippen LogP contribution in [0.25, 0.3) is 5.65 Å². The summed E-state index contributed by atoms with van der Waals surface area (Å²) < 4.78 is 1.71. The van der Waals surface area contributed by atoms with Crippen molar-refractivity contribution in [2.24, 2.45) is 0 Å². The third kappa shape index (κ3) is 2.58. The first-order valence-electron chi connectivity index (χ1n) is 8.36. The predicted molar refractivity (Wildman–Crippen MR) is 97.1 cm³/mol. The highest BCUT2D eigenvalue weighted by molar-refractivity contribution is 7.98. The Morgan fingerprint density at radius 1 is 1.20 bits per heavy atom. The third-order valence-electron chi connectivity index (χ3n) is 4.93. The van der Waals surface area contributed by atoms with Crippen LogP contribution in [0.5, 0.6) is 0 Å². The fourth-order valence-corrected chi connectivity index (χ4v) is 4.22. The lowest BCUT2D eigenvalue weighted by molar-refractivity contribution is 0.485. The average Bonchev–Trinajstić information content (AvgIpc) is 3.08. The Kier molecular flexibility index (Phi) is 3.47. The van der Waals surface area contributed by atoms with Crippen LogP contribution in [0.1, 0.15) is 11.3 Å². The molecule has 2 aliphatic heterocycles. The molecule has 3 aromatic heterocycles. The van der Waals surface area contributed by atoms with E-state index in [0.29, 0.717) is 6.04 Å². The number of fused-ring (bicyclic) bond motifs is 2. The lowest BCUT2D eigenvalue weighted by atomic mass is 10.1. The molecule has 5 rings (SSSR count). The zero-order chi connectivity index (χ0) is 16.8. The van der Waals surface area contributed by atoms with E-state index < -0.39 is 0 Å². The summed E-state index contributed by atoms with van der Waals surface area (Å²) in [4.78, 5) is 4.49. The molecule has 0 amide bonds. The highest BCUT2D eigenvalue weighted by Crippen LogP contribution is 2.28. The van der Waals surface area contributed by atoms with Crippen molar-refractivity contribution in [2.75, 3.05) is 35.7 Å². The topological polar surface area (TPSA) is 75.3 Å². The number of thioether (sulfide) groups is 1. The number of aromatic nitrogens is 6. The van der Waals surface area contributed by atoms with Crippen LogP contribution in [0.3, 0.4) is 0 Å². The molecule has 9 heteroatoms. The van der Waals surface area contributed by atoms with Gasteiger partial charge in [-0.05, 0) is 29.5 Å². The second-order valence-electron chi connectivity index (χ2n) is 6.47. The summed E-state index contributed by atoms with van der Waals surface area (Å²) in [6.45, 7) is 1.84.